The molecule has 4 N–H and O–H groups in total. The summed E-state index contributed by atoms with van der Waals surface area (Å²) in [6.45, 7) is 1.19. The molecule has 0 bridgehead atoms. The van der Waals surface area contributed by atoms with Crippen LogP contribution in [0.4, 0.5) is 0 Å². The van der Waals surface area contributed by atoms with Crippen LogP contribution >= 0.6 is 0 Å². The summed E-state index contributed by atoms with van der Waals surface area (Å²) in [6.07, 6.45) is 0. The van der Waals surface area contributed by atoms with Gasteiger partial charge < -0.3 is 11.5 Å². The standard InChI is InChI=1S/C2H8N2.3Ni/c3-1-2-4;;;/h1-4H2;;;. The van der Waals surface area contributed by atoms with E-state index in [9.17, 15) is 0 Å². The van der Waals surface area contributed by atoms with Crippen LogP contribution in [0.15, 0.2) is 0 Å². The van der Waals surface area contributed by atoms with Gasteiger partial charge in [0.2, 0.25) is 0 Å². The van der Waals surface area contributed by atoms with Gasteiger partial charge in [-0.2, -0.15) is 0 Å². The Labute approximate surface area is 73.9 Å². The molecule has 0 unspecified atom stereocenters. The van der Waals surface area contributed by atoms with E-state index in [1.807, 2.05) is 0 Å². The predicted octanol–water partition coefficient (Wildman–Crippen LogP) is -1.10. The maximum Gasteiger partial charge on any atom is 0.00461 e. The first-order valence-electron chi connectivity index (χ1n) is 1.32. The van der Waals surface area contributed by atoms with Crippen molar-refractivity contribution in [3.63, 3.8) is 0 Å². The Morgan fingerprint density at radius 1 is 0.714 bits per heavy atom. The Balaban J connectivity index is -0.0000000150. The molecular weight excluding hydrogens is 228 g/mol. The Kier molecular flexibility index (Phi) is 89.0. The quantitative estimate of drug-likeness (QED) is 0.568. The van der Waals surface area contributed by atoms with Crippen molar-refractivity contribution in [2.75, 3.05) is 13.1 Å². The normalized spacial score (nSPS) is 4.29. The molecule has 0 aromatic rings. The van der Waals surface area contributed by atoms with Crippen molar-refractivity contribution < 1.29 is 49.5 Å². The summed E-state index contributed by atoms with van der Waals surface area (Å²) in [5.41, 5.74) is 9.81. The van der Waals surface area contributed by atoms with E-state index in [0.717, 1.165) is 0 Å². The van der Waals surface area contributed by atoms with Crippen LogP contribution in [-0.2, 0) is 49.5 Å². The molecule has 0 heterocycles. The second-order valence-electron chi connectivity index (χ2n) is 0.577. The zero-order valence-electron chi connectivity index (χ0n) is 3.52. The van der Waals surface area contributed by atoms with Crippen molar-refractivity contribution in [1.82, 2.24) is 0 Å². The topological polar surface area (TPSA) is 52.0 Å². The van der Waals surface area contributed by atoms with E-state index >= 15 is 0 Å². The van der Waals surface area contributed by atoms with Crippen LogP contribution < -0.4 is 11.5 Å². The van der Waals surface area contributed by atoms with Crippen LogP contribution in [0.5, 0.6) is 0 Å². The van der Waals surface area contributed by atoms with Crippen LogP contribution in [0.2, 0.25) is 0 Å². The first kappa shape index (κ1) is 23.8. The van der Waals surface area contributed by atoms with E-state index in [-0.39, 0.29) is 49.5 Å². The van der Waals surface area contributed by atoms with Gasteiger partial charge in [-0.05, 0) is 0 Å². The van der Waals surface area contributed by atoms with Gasteiger partial charge in [0.05, 0.1) is 0 Å². The molecule has 0 saturated carbocycles. The van der Waals surface area contributed by atoms with Crippen LogP contribution in [0.1, 0.15) is 0 Å². The third-order valence-corrected chi connectivity index (χ3v) is 0.167. The van der Waals surface area contributed by atoms with E-state index in [4.69, 9.17) is 11.5 Å². The number of nitrogens with two attached hydrogens (primary N) is 2. The second-order valence-corrected chi connectivity index (χ2v) is 0.577. The first-order valence-corrected chi connectivity index (χ1v) is 1.32. The molecule has 0 aliphatic carbocycles. The van der Waals surface area contributed by atoms with E-state index in [1.54, 1.807) is 0 Å². The average Bonchev–Trinajstić information content (AvgIpc) is 1.37. The fourth-order valence-electron chi connectivity index (χ4n) is 0. The van der Waals surface area contributed by atoms with Crippen LogP contribution in [-0.4, -0.2) is 13.1 Å². The van der Waals surface area contributed by atoms with Crippen LogP contribution in [0, 0.1) is 0 Å². The molecular formula is C2H8N2Ni3. The zero-order chi connectivity index (χ0) is 3.41. The van der Waals surface area contributed by atoms with Crippen molar-refractivity contribution >= 4 is 0 Å². The third-order valence-electron chi connectivity index (χ3n) is 0.167. The largest absolute Gasteiger partial charge is 0.329 e. The minimum atomic E-state index is 0. The van der Waals surface area contributed by atoms with Crippen molar-refractivity contribution in [2.24, 2.45) is 11.5 Å². The molecule has 0 fully saturated rings. The van der Waals surface area contributed by atoms with Gasteiger partial charge in [0, 0.05) is 62.6 Å². The van der Waals surface area contributed by atoms with Crippen LogP contribution in [0.3, 0.4) is 0 Å². The van der Waals surface area contributed by atoms with Crippen molar-refractivity contribution in [3.05, 3.63) is 0 Å². The molecule has 0 aromatic heterocycles. The van der Waals surface area contributed by atoms with E-state index in [2.05, 4.69) is 0 Å². The van der Waals surface area contributed by atoms with Crippen molar-refractivity contribution in [1.29, 1.82) is 0 Å². The zero-order valence-corrected chi connectivity index (χ0v) is 6.48. The fraction of sp³-hybridized carbons (Fsp3) is 1.00. The molecule has 0 rings (SSSR count). The molecule has 0 atom stereocenters. The van der Waals surface area contributed by atoms with E-state index < -0.39 is 0 Å². The Morgan fingerprint density at radius 2 is 0.857 bits per heavy atom. The summed E-state index contributed by atoms with van der Waals surface area (Å²) in [4.78, 5) is 0. The van der Waals surface area contributed by atoms with Gasteiger partial charge in [-0.15, -0.1) is 0 Å². The Morgan fingerprint density at radius 3 is 0.857 bits per heavy atom. The molecule has 0 aromatic carbocycles. The van der Waals surface area contributed by atoms with E-state index in [0.29, 0.717) is 13.1 Å². The van der Waals surface area contributed by atoms with Crippen molar-refractivity contribution in [2.45, 2.75) is 0 Å². The molecule has 0 aliphatic rings. The van der Waals surface area contributed by atoms with Gasteiger partial charge in [-0.25, -0.2) is 0 Å². The number of hydrogen-bond donors (Lipinski definition) is 2. The van der Waals surface area contributed by atoms with Gasteiger partial charge in [0.15, 0.2) is 0 Å². The molecule has 0 spiro atoms. The average molecular weight is 236 g/mol. The minimum Gasteiger partial charge on any atom is -0.329 e. The molecule has 7 heavy (non-hydrogen) atoms. The summed E-state index contributed by atoms with van der Waals surface area (Å²) in [6, 6.07) is 0. The molecule has 0 amide bonds. The first-order chi connectivity index (χ1) is 1.91. The third kappa shape index (κ3) is 37.5. The molecule has 56 valence electrons. The summed E-state index contributed by atoms with van der Waals surface area (Å²) < 4.78 is 0. The molecule has 0 saturated heterocycles. The summed E-state index contributed by atoms with van der Waals surface area (Å²) in [5, 5.41) is 0. The number of rotatable bonds is 1. The number of hydrogen-bond acceptors (Lipinski definition) is 2. The summed E-state index contributed by atoms with van der Waals surface area (Å²) in [5.74, 6) is 0. The van der Waals surface area contributed by atoms with Gasteiger partial charge in [-0.1, -0.05) is 0 Å². The monoisotopic (exact) mass is 234 g/mol. The van der Waals surface area contributed by atoms with Gasteiger partial charge in [0.1, 0.15) is 0 Å². The van der Waals surface area contributed by atoms with Crippen molar-refractivity contribution in [3.8, 4) is 0 Å². The minimum absolute atomic E-state index is 0. The maximum atomic E-state index is 4.90. The molecule has 2 nitrogen and oxygen atoms in total. The van der Waals surface area contributed by atoms with Gasteiger partial charge in [0.25, 0.3) is 0 Å². The maximum absolute atomic E-state index is 4.90. The van der Waals surface area contributed by atoms with Crippen LogP contribution in [0.25, 0.3) is 0 Å². The van der Waals surface area contributed by atoms with Gasteiger partial charge >= 0.3 is 0 Å². The Bertz CT molecular complexity index is 12.9. The smallest absolute Gasteiger partial charge is 0.00461 e. The van der Waals surface area contributed by atoms with E-state index in [1.165, 1.54) is 0 Å². The molecule has 0 aliphatic heterocycles. The Hall–Kier alpha value is 1.40. The summed E-state index contributed by atoms with van der Waals surface area (Å²) >= 11 is 0. The predicted molar refractivity (Wildman–Crippen MR) is 18.1 cm³/mol. The van der Waals surface area contributed by atoms with Gasteiger partial charge in [-0.3, -0.25) is 0 Å². The second kappa shape index (κ2) is 26.2. The molecule has 5 heteroatoms. The summed E-state index contributed by atoms with van der Waals surface area (Å²) in [7, 11) is 0. The fourth-order valence-corrected chi connectivity index (χ4v) is 0. The molecule has 0 radical (unpaired) electrons. The SMILES string of the molecule is NCCN.[Ni].[Ni].[Ni].